The largest absolute Gasteiger partial charge is 0.497 e. The van der Waals surface area contributed by atoms with Gasteiger partial charge in [-0.25, -0.2) is 0 Å². The summed E-state index contributed by atoms with van der Waals surface area (Å²) in [7, 11) is 4.99. The van der Waals surface area contributed by atoms with Gasteiger partial charge in [0.05, 0.1) is 27.4 Å². The van der Waals surface area contributed by atoms with Gasteiger partial charge in [0.25, 0.3) is 0 Å². The van der Waals surface area contributed by atoms with Crippen LogP contribution in [0.1, 0.15) is 36.3 Å². The van der Waals surface area contributed by atoms with Crippen molar-refractivity contribution in [3.05, 3.63) is 53.6 Å². The van der Waals surface area contributed by atoms with E-state index < -0.39 is 0 Å². The summed E-state index contributed by atoms with van der Waals surface area (Å²) in [5.74, 6) is 2.93. The Hall–Kier alpha value is -2.57. The minimum absolute atomic E-state index is 0.0689. The second-order valence-corrected chi connectivity index (χ2v) is 8.73. The number of ether oxygens (including phenoxy) is 3. The summed E-state index contributed by atoms with van der Waals surface area (Å²) >= 11 is 0. The molecule has 6 nitrogen and oxygen atoms in total. The van der Waals surface area contributed by atoms with E-state index in [-0.39, 0.29) is 6.04 Å². The highest BCUT2D eigenvalue weighted by molar-refractivity contribution is 5.60. The van der Waals surface area contributed by atoms with Crippen LogP contribution in [0.4, 0.5) is 0 Å². The fraction of sp³-hybridized carbons (Fsp3) is 0.500. The van der Waals surface area contributed by atoms with Crippen molar-refractivity contribution < 1.29 is 19.0 Å². The zero-order chi connectivity index (χ0) is 22.5. The van der Waals surface area contributed by atoms with Crippen LogP contribution in [-0.2, 0) is 11.3 Å². The molecule has 0 bridgehead atoms. The van der Waals surface area contributed by atoms with Crippen LogP contribution in [0.15, 0.2) is 42.5 Å². The molecule has 2 aromatic carbocycles. The third-order valence-corrected chi connectivity index (χ3v) is 7.09. The summed E-state index contributed by atoms with van der Waals surface area (Å²) in [6.07, 6.45) is 4.44. The second kappa shape index (κ2) is 10.4. The topological polar surface area (TPSA) is 51.2 Å². The number of rotatable bonds is 8. The van der Waals surface area contributed by atoms with Crippen molar-refractivity contribution in [3.63, 3.8) is 0 Å². The monoisotopic (exact) mass is 438 g/mol. The molecule has 0 radical (unpaired) electrons. The van der Waals surface area contributed by atoms with Crippen molar-refractivity contribution in [1.29, 1.82) is 0 Å². The average molecular weight is 439 g/mol. The van der Waals surface area contributed by atoms with Gasteiger partial charge in [-0.05, 0) is 73.7 Å². The highest BCUT2D eigenvalue weighted by Crippen LogP contribution is 2.34. The molecule has 2 aliphatic heterocycles. The first-order chi connectivity index (χ1) is 15.7. The molecule has 0 aromatic heterocycles. The number of piperidine rings is 1. The van der Waals surface area contributed by atoms with Crippen molar-refractivity contribution in [2.24, 2.45) is 0 Å². The van der Waals surface area contributed by atoms with Crippen LogP contribution in [0.3, 0.4) is 0 Å². The normalized spacial score (nSPS) is 22.6. The number of hydrogen-bond donors (Lipinski definition) is 0. The molecule has 2 fully saturated rings. The number of aldehydes is 1. The Labute approximate surface area is 191 Å². The maximum absolute atomic E-state index is 12.1. The SMILES string of the molecule is COc1ccc(C2CCN(C3CCN(Cc4ccc(OC)c(OC)c4)C3C=O)CC2)cc1. The van der Waals surface area contributed by atoms with Gasteiger partial charge in [-0.3, -0.25) is 9.80 Å². The third-order valence-electron chi connectivity index (χ3n) is 7.09. The van der Waals surface area contributed by atoms with Crippen molar-refractivity contribution in [2.45, 2.75) is 43.8 Å². The molecule has 4 rings (SSSR count). The first-order valence-corrected chi connectivity index (χ1v) is 11.4. The van der Waals surface area contributed by atoms with Gasteiger partial charge in [-0.2, -0.15) is 0 Å². The predicted octanol–water partition coefficient (Wildman–Crippen LogP) is 3.73. The first-order valence-electron chi connectivity index (χ1n) is 11.4. The number of hydrogen-bond acceptors (Lipinski definition) is 6. The van der Waals surface area contributed by atoms with Crippen molar-refractivity contribution in [1.82, 2.24) is 9.80 Å². The number of carbonyl (C=O) groups excluding carboxylic acids is 1. The summed E-state index contributed by atoms with van der Waals surface area (Å²) in [5, 5.41) is 0. The van der Waals surface area contributed by atoms with Crippen LogP contribution in [0, 0.1) is 0 Å². The zero-order valence-electron chi connectivity index (χ0n) is 19.3. The molecule has 6 heteroatoms. The summed E-state index contributed by atoms with van der Waals surface area (Å²) in [4.78, 5) is 16.9. The van der Waals surface area contributed by atoms with E-state index >= 15 is 0 Å². The number of benzene rings is 2. The molecule has 2 unspecified atom stereocenters. The van der Waals surface area contributed by atoms with Crippen LogP contribution in [0.2, 0.25) is 0 Å². The molecule has 0 N–H and O–H groups in total. The Balaban J connectivity index is 1.36. The molecular weight excluding hydrogens is 404 g/mol. The summed E-state index contributed by atoms with van der Waals surface area (Å²) in [5.41, 5.74) is 2.52. The zero-order valence-corrected chi connectivity index (χ0v) is 19.3. The lowest BCUT2D eigenvalue weighted by Crippen LogP contribution is -2.48. The van der Waals surface area contributed by atoms with Gasteiger partial charge in [0, 0.05) is 19.1 Å². The Morgan fingerprint density at radius 3 is 2.22 bits per heavy atom. The molecule has 0 aliphatic carbocycles. The minimum Gasteiger partial charge on any atom is -0.497 e. The van der Waals surface area contributed by atoms with Gasteiger partial charge in [-0.15, -0.1) is 0 Å². The highest BCUT2D eigenvalue weighted by atomic mass is 16.5. The van der Waals surface area contributed by atoms with E-state index in [0.717, 1.165) is 74.5 Å². The second-order valence-electron chi connectivity index (χ2n) is 8.73. The minimum atomic E-state index is -0.0689. The Morgan fingerprint density at radius 2 is 1.59 bits per heavy atom. The quantitative estimate of drug-likeness (QED) is 0.586. The number of methoxy groups -OCH3 is 3. The van der Waals surface area contributed by atoms with E-state index in [2.05, 4.69) is 28.0 Å². The Morgan fingerprint density at radius 1 is 0.875 bits per heavy atom. The van der Waals surface area contributed by atoms with Gasteiger partial charge in [0.2, 0.25) is 0 Å². The lowest BCUT2D eigenvalue weighted by molar-refractivity contribution is -0.113. The van der Waals surface area contributed by atoms with Crippen LogP contribution < -0.4 is 14.2 Å². The van der Waals surface area contributed by atoms with Gasteiger partial charge >= 0.3 is 0 Å². The van der Waals surface area contributed by atoms with E-state index in [1.165, 1.54) is 5.56 Å². The molecule has 2 heterocycles. The molecular formula is C26H34N2O4. The molecule has 0 spiro atoms. The summed E-state index contributed by atoms with van der Waals surface area (Å²) in [6.45, 7) is 3.75. The van der Waals surface area contributed by atoms with Crippen LogP contribution in [0.25, 0.3) is 0 Å². The first kappa shape index (κ1) is 22.6. The van der Waals surface area contributed by atoms with Crippen LogP contribution in [-0.4, -0.2) is 69.1 Å². The van der Waals surface area contributed by atoms with E-state index in [1.807, 2.05) is 24.3 Å². The fourth-order valence-corrected chi connectivity index (χ4v) is 5.28. The lowest BCUT2D eigenvalue weighted by atomic mass is 9.88. The molecule has 2 saturated heterocycles. The standard InChI is InChI=1S/C26H34N2O4/c1-30-22-7-5-20(6-8-22)21-10-13-27(14-11-21)23-12-15-28(24(23)18-29)17-19-4-9-25(31-2)26(16-19)32-3/h4-9,16,18,21,23-24H,10-15,17H2,1-3H3. The van der Waals surface area contributed by atoms with Gasteiger partial charge in [0.1, 0.15) is 12.0 Å². The average Bonchev–Trinajstić information content (AvgIpc) is 3.26. The molecule has 0 saturated carbocycles. The molecule has 0 amide bonds. The fourth-order valence-electron chi connectivity index (χ4n) is 5.28. The Bertz CT molecular complexity index is 893. The smallest absolute Gasteiger partial charge is 0.161 e. The molecule has 32 heavy (non-hydrogen) atoms. The van der Waals surface area contributed by atoms with Gasteiger partial charge in [0.15, 0.2) is 11.5 Å². The predicted molar refractivity (Wildman–Crippen MR) is 125 cm³/mol. The molecule has 2 aliphatic rings. The van der Waals surface area contributed by atoms with E-state index in [0.29, 0.717) is 12.0 Å². The van der Waals surface area contributed by atoms with Crippen molar-refractivity contribution in [3.8, 4) is 17.2 Å². The summed E-state index contributed by atoms with van der Waals surface area (Å²) in [6, 6.07) is 14.7. The van der Waals surface area contributed by atoms with Crippen LogP contribution in [0.5, 0.6) is 17.2 Å². The van der Waals surface area contributed by atoms with Gasteiger partial charge < -0.3 is 19.0 Å². The van der Waals surface area contributed by atoms with Crippen molar-refractivity contribution >= 4 is 6.29 Å². The summed E-state index contributed by atoms with van der Waals surface area (Å²) < 4.78 is 16.1. The highest BCUT2D eigenvalue weighted by Gasteiger charge is 2.38. The van der Waals surface area contributed by atoms with E-state index in [4.69, 9.17) is 14.2 Å². The van der Waals surface area contributed by atoms with E-state index in [1.54, 1.807) is 21.3 Å². The van der Waals surface area contributed by atoms with Crippen molar-refractivity contribution in [2.75, 3.05) is 41.0 Å². The van der Waals surface area contributed by atoms with Crippen LogP contribution >= 0.6 is 0 Å². The van der Waals surface area contributed by atoms with E-state index in [9.17, 15) is 4.79 Å². The number of nitrogens with zero attached hydrogens (tertiary/aromatic N) is 2. The Kier molecular flexibility index (Phi) is 7.33. The number of likely N-dealkylation sites (tertiary alicyclic amines) is 2. The maximum atomic E-state index is 12.1. The molecule has 2 aromatic rings. The molecule has 2 atom stereocenters. The number of carbonyl (C=O) groups is 1. The maximum Gasteiger partial charge on any atom is 0.161 e. The molecule has 172 valence electrons. The lowest BCUT2D eigenvalue weighted by Gasteiger charge is -2.38. The third kappa shape index (κ3) is 4.76. The van der Waals surface area contributed by atoms with Gasteiger partial charge in [-0.1, -0.05) is 18.2 Å².